The van der Waals surface area contributed by atoms with E-state index >= 15 is 0 Å². The maximum absolute atomic E-state index is 12.9. The van der Waals surface area contributed by atoms with Crippen LogP contribution in [0.1, 0.15) is 52.5 Å². The first kappa shape index (κ1) is 32.3. The van der Waals surface area contributed by atoms with Crippen LogP contribution in [-0.4, -0.2) is 76.6 Å². The number of rotatable bonds is 18. The summed E-state index contributed by atoms with van der Waals surface area (Å²) in [5.41, 5.74) is 7.65. The highest BCUT2D eigenvalue weighted by Gasteiger charge is 2.30. The van der Waals surface area contributed by atoms with Gasteiger partial charge in [0.05, 0.1) is 39.6 Å². The fraction of sp³-hybridized carbons (Fsp3) is 0.759. The fourth-order valence-corrected chi connectivity index (χ4v) is 4.70. The number of hydrogen-bond donors (Lipinski definition) is 3. The van der Waals surface area contributed by atoms with Crippen molar-refractivity contribution in [1.29, 1.82) is 0 Å². The van der Waals surface area contributed by atoms with E-state index in [0.29, 0.717) is 63.2 Å². The van der Waals surface area contributed by atoms with Crippen LogP contribution in [0.5, 0.6) is 11.5 Å². The smallest absolute Gasteiger partial charge is 0.223 e. The fourth-order valence-electron chi connectivity index (χ4n) is 4.70. The van der Waals surface area contributed by atoms with E-state index in [9.17, 15) is 9.90 Å². The predicted molar refractivity (Wildman–Crippen MR) is 147 cm³/mol. The first-order valence-electron chi connectivity index (χ1n) is 13.9. The van der Waals surface area contributed by atoms with Crippen LogP contribution in [0, 0.1) is 23.7 Å². The number of hydrogen-bond acceptors (Lipinski definition) is 8. The van der Waals surface area contributed by atoms with Crippen molar-refractivity contribution >= 4 is 5.91 Å². The number of methoxy groups -OCH3 is 2. The van der Waals surface area contributed by atoms with Crippen molar-refractivity contribution in [2.75, 3.05) is 47.2 Å². The number of carbonyl (C=O) groups excluding carboxylic acids is 1. The van der Waals surface area contributed by atoms with Crippen LogP contribution in [-0.2, 0) is 25.4 Å². The molecule has 0 bridgehead atoms. The summed E-state index contributed by atoms with van der Waals surface area (Å²) in [5.74, 6) is 1.62. The van der Waals surface area contributed by atoms with Gasteiger partial charge in [-0.05, 0) is 54.7 Å². The van der Waals surface area contributed by atoms with Crippen LogP contribution < -0.4 is 20.5 Å². The van der Waals surface area contributed by atoms with Gasteiger partial charge < -0.3 is 39.8 Å². The van der Waals surface area contributed by atoms with Crippen molar-refractivity contribution in [2.45, 2.75) is 71.8 Å². The Morgan fingerprint density at radius 3 is 2.39 bits per heavy atom. The summed E-state index contributed by atoms with van der Waals surface area (Å²) in [7, 11) is 3.31. The molecule has 1 fully saturated rings. The lowest BCUT2D eigenvalue weighted by Crippen LogP contribution is -2.44. The van der Waals surface area contributed by atoms with E-state index in [1.807, 2.05) is 26.0 Å². The topological polar surface area (TPSA) is 122 Å². The third kappa shape index (κ3) is 10.7. The first-order chi connectivity index (χ1) is 18.2. The maximum Gasteiger partial charge on any atom is 0.223 e. The molecule has 218 valence electrons. The van der Waals surface area contributed by atoms with Gasteiger partial charge in [0, 0.05) is 32.1 Å². The Balaban J connectivity index is 1.97. The Hall–Kier alpha value is -1.91. The number of ether oxygens (including phenoxy) is 5. The number of nitrogens with two attached hydrogens (primary N) is 1. The van der Waals surface area contributed by atoms with Crippen LogP contribution in [0.2, 0.25) is 0 Å². The third-order valence-corrected chi connectivity index (χ3v) is 7.26. The van der Waals surface area contributed by atoms with Crippen LogP contribution in [0.15, 0.2) is 18.2 Å². The van der Waals surface area contributed by atoms with E-state index in [0.717, 1.165) is 18.4 Å². The lowest BCUT2D eigenvalue weighted by molar-refractivity contribution is -0.129. The quantitative estimate of drug-likeness (QED) is 0.244. The van der Waals surface area contributed by atoms with Gasteiger partial charge in [-0.25, -0.2) is 0 Å². The molecule has 2 rings (SSSR count). The zero-order chi connectivity index (χ0) is 28.1. The van der Waals surface area contributed by atoms with E-state index in [1.54, 1.807) is 14.2 Å². The lowest BCUT2D eigenvalue weighted by atomic mass is 9.81. The normalized spacial score (nSPS) is 17.4. The van der Waals surface area contributed by atoms with Gasteiger partial charge in [-0.15, -0.1) is 0 Å². The molecule has 1 aromatic carbocycles. The molecular weight excluding hydrogens is 488 g/mol. The number of carbonyl (C=O) groups is 1. The molecule has 1 aliphatic rings. The summed E-state index contributed by atoms with van der Waals surface area (Å²) >= 11 is 0. The molecule has 0 aromatic heterocycles. The zero-order valence-electron chi connectivity index (χ0n) is 24.1. The van der Waals surface area contributed by atoms with Gasteiger partial charge in [-0.3, -0.25) is 4.79 Å². The molecule has 4 N–H and O–H groups in total. The van der Waals surface area contributed by atoms with Gasteiger partial charge in [0.2, 0.25) is 5.91 Å². The number of amides is 1. The molecule has 1 aromatic rings. The van der Waals surface area contributed by atoms with Crippen LogP contribution in [0.3, 0.4) is 0 Å². The average molecular weight is 539 g/mol. The first-order valence-corrected chi connectivity index (χ1v) is 13.9. The molecule has 1 aliphatic heterocycles. The summed E-state index contributed by atoms with van der Waals surface area (Å²) in [6.07, 6.45) is 1.35. The van der Waals surface area contributed by atoms with Crippen LogP contribution in [0.4, 0.5) is 0 Å². The highest BCUT2D eigenvalue weighted by Crippen LogP contribution is 2.31. The minimum absolute atomic E-state index is 0.0600. The van der Waals surface area contributed by atoms with E-state index < -0.39 is 18.4 Å². The van der Waals surface area contributed by atoms with Crippen molar-refractivity contribution in [1.82, 2.24) is 5.32 Å². The molecular formula is C29H50N2O7. The molecule has 0 spiro atoms. The molecule has 0 radical (unpaired) electrons. The number of nitrogens with one attached hydrogen (secondary N) is 1. The van der Waals surface area contributed by atoms with E-state index in [1.165, 1.54) is 0 Å². The van der Waals surface area contributed by atoms with Crippen molar-refractivity contribution < 1.29 is 33.6 Å². The summed E-state index contributed by atoms with van der Waals surface area (Å²) < 4.78 is 27.3. The van der Waals surface area contributed by atoms with Crippen molar-refractivity contribution in [2.24, 2.45) is 29.4 Å². The molecule has 1 saturated heterocycles. The van der Waals surface area contributed by atoms with Gasteiger partial charge in [0.15, 0.2) is 17.8 Å². The number of aliphatic hydroxyl groups is 1. The monoisotopic (exact) mass is 538 g/mol. The SMILES string of the molecule is COCCCOc1cc(C[C@@H](C[C@H](N)[C@@H](O)C[C@H](C(=O)NCC2OCCO2)C(C)C)C(C)C)ccc1OC. The maximum atomic E-state index is 12.9. The lowest BCUT2D eigenvalue weighted by Gasteiger charge is -2.30. The number of benzene rings is 1. The Labute approximate surface area is 228 Å². The zero-order valence-corrected chi connectivity index (χ0v) is 24.1. The highest BCUT2D eigenvalue weighted by molar-refractivity contribution is 5.78. The second-order valence-corrected chi connectivity index (χ2v) is 10.9. The summed E-state index contributed by atoms with van der Waals surface area (Å²) in [6.45, 7) is 10.9. The van der Waals surface area contributed by atoms with Gasteiger partial charge in [0.1, 0.15) is 0 Å². The average Bonchev–Trinajstić information content (AvgIpc) is 3.41. The molecule has 0 aliphatic carbocycles. The molecule has 9 heteroatoms. The summed E-state index contributed by atoms with van der Waals surface area (Å²) in [6, 6.07) is 5.57. The Bertz CT molecular complexity index is 814. The van der Waals surface area contributed by atoms with Crippen LogP contribution in [0.25, 0.3) is 0 Å². The molecule has 0 saturated carbocycles. The second kappa shape index (κ2) is 16.9. The van der Waals surface area contributed by atoms with Crippen molar-refractivity contribution in [3.05, 3.63) is 23.8 Å². The molecule has 1 heterocycles. The third-order valence-electron chi connectivity index (χ3n) is 7.26. The molecule has 4 atom stereocenters. The largest absolute Gasteiger partial charge is 0.493 e. The molecule has 1 amide bonds. The Morgan fingerprint density at radius 1 is 1.08 bits per heavy atom. The van der Waals surface area contributed by atoms with Gasteiger partial charge in [-0.2, -0.15) is 0 Å². The molecule has 9 nitrogen and oxygen atoms in total. The van der Waals surface area contributed by atoms with Gasteiger partial charge in [0.25, 0.3) is 0 Å². The number of aliphatic hydroxyl groups excluding tert-OH is 1. The second-order valence-electron chi connectivity index (χ2n) is 10.9. The highest BCUT2D eigenvalue weighted by atomic mass is 16.7. The molecule has 0 unspecified atom stereocenters. The van der Waals surface area contributed by atoms with E-state index in [-0.39, 0.29) is 23.7 Å². The van der Waals surface area contributed by atoms with E-state index in [4.69, 9.17) is 29.4 Å². The molecule has 38 heavy (non-hydrogen) atoms. The van der Waals surface area contributed by atoms with Gasteiger partial charge in [-0.1, -0.05) is 33.8 Å². The minimum atomic E-state index is -0.788. The predicted octanol–water partition coefficient (Wildman–Crippen LogP) is 3.15. The summed E-state index contributed by atoms with van der Waals surface area (Å²) in [5, 5.41) is 13.9. The van der Waals surface area contributed by atoms with Gasteiger partial charge >= 0.3 is 0 Å². The van der Waals surface area contributed by atoms with E-state index in [2.05, 4.69) is 25.2 Å². The Morgan fingerprint density at radius 2 is 1.79 bits per heavy atom. The Kier molecular flexibility index (Phi) is 14.4. The van der Waals surface area contributed by atoms with Crippen LogP contribution >= 0.6 is 0 Å². The summed E-state index contributed by atoms with van der Waals surface area (Å²) in [4.78, 5) is 12.9. The van der Waals surface area contributed by atoms with Crippen molar-refractivity contribution in [3.8, 4) is 11.5 Å². The standard InChI is InChI=1S/C29H50N2O7/c1-19(2)22(14-21-8-9-26(35-6)27(15-21)36-11-7-10-34-5)16-24(30)25(32)17-23(20(3)4)29(33)31-18-28-37-12-13-38-28/h8-9,15,19-20,22-25,28,32H,7,10-14,16-18,30H2,1-6H3,(H,31,33)/t22-,23-,24-,25-/m0/s1. The van der Waals surface area contributed by atoms with Crippen molar-refractivity contribution in [3.63, 3.8) is 0 Å². The minimum Gasteiger partial charge on any atom is -0.493 e.